The third kappa shape index (κ3) is 4.51. The number of amides is 2. The SMILES string of the molecule is COCCN1C(=O)c2ccccc2[C@H](C(=O)NCc2ccc(Cl)cc2)[C@@H]1c1cccs1. The number of methoxy groups -OCH3 is 1. The number of hydrogen-bond acceptors (Lipinski definition) is 4. The van der Waals surface area contributed by atoms with Gasteiger partial charge in [-0.25, -0.2) is 0 Å². The van der Waals surface area contributed by atoms with Crippen molar-refractivity contribution in [3.8, 4) is 0 Å². The highest BCUT2D eigenvalue weighted by atomic mass is 35.5. The summed E-state index contributed by atoms with van der Waals surface area (Å²) < 4.78 is 5.26. The number of ether oxygens (including phenoxy) is 1. The summed E-state index contributed by atoms with van der Waals surface area (Å²) in [6, 6.07) is 18.3. The second-order valence-corrected chi connectivity index (χ2v) is 8.78. The van der Waals surface area contributed by atoms with E-state index in [9.17, 15) is 9.59 Å². The highest BCUT2D eigenvalue weighted by Crippen LogP contribution is 2.44. The molecule has 2 heterocycles. The fourth-order valence-corrected chi connectivity index (χ4v) is 4.99. The number of benzene rings is 2. The molecule has 4 rings (SSSR count). The van der Waals surface area contributed by atoms with Gasteiger partial charge in [0.05, 0.1) is 18.6 Å². The highest BCUT2D eigenvalue weighted by Gasteiger charge is 2.44. The Balaban J connectivity index is 1.70. The maximum absolute atomic E-state index is 13.5. The number of nitrogens with one attached hydrogen (secondary N) is 1. The minimum atomic E-state index is -0.517. The Labute approximate surface area is 190 Å². The molecule has 0 bridgehead atoms. The van der Waals surface area contributed by atoms with Crippen molar-refractivity contribution in [2.45, 2.75) is 18.5 Å². The molecule has 5 nitrogen and oxygen atoms in total. The molecule has 2 aromatic carbocycles. The van der Waals surface area contributed by atoms with Crippen LogP contribution in [0.5, 0.6) is 0 Å². The van der Waals surface area contributed by atoms with Crippen molar-refractivity contribution >= 4 is 34.8 Å². The van der Waals surface area contributed by atoms with Crippen LogP contribution >= 0.6 is 22.9 Å². The summed E-state index contributed by atoms with van der Waals surface area (Å²) >= 11 is 7.52. The van der Waals surface area contributed by atoms with Gasteiger partial charge >= 0.3 is 0 Å². The van der Waals surface area contributed by atoms with Gasteiger partial charge in [0.2, 0.25) is 5.91 Å². The lowest BCUT2D eigenvalue weighted by molar-refractivity contribution is -0.124. The van der Waals surface area contributed by atoms with Crippen LogP contribution in [0.2, 0.25) is 5.02 Å². The molecule has 0 unspecified atom stereocenters. The largest absolute Gasteiger partial charge is 0.383 e. The van der Waals surface area contributed by atoms with E-state index in [4.69, 9.17) is 16.3 Å². The third-order valence-corrected chi connectivity index (χ3v) is 6.67. The van der Waals surface area contributed by atoms with Crippen LogP contribution in [0.15, 0.2) is 66.0 Å². The fourth-order valence-electron chi connectivity index (χ4n) is 3.99. The summed E-state index contributed by atoms with van der Waals surface area (Å²) in [5, 5.41) is 5.69. The minimum absolute atomic E-state index is 0.0761. The molecule has 0 radical (unpaired) electrons. The Morgan fingerprint density at radius 1 is 1.13 bits per heavy atom. The molecule has 160 valence electrons. The molecular formula is C24H23ClN2O3S. The van der Waals surface area contributed by atoms with Gasteiger partial charge in [-0.15, -0.1) is 11.3 Å². The van der Waals surface area contributed by atoms with Crippen molar-refractivity contribution in [2.75, 3.05) is 20.3 Å². The van der Waals surface area contributed by atoms with E-state index in [1.54, 1.807) is 41.5 Å². The Morgan fingerprint density at radius 2 is 1.90 bits per heavy atom. The van der Waals surface area contributed by atoms with E-state index in [1.165, 1.54) is 0 Å². The van der Waals surface area contributed by atoms with Crippen molar-refractivity contribution in [3.63, 3.8) is 0 Å². The van der Waals surface area contributed by atoms with E-state index in [0.717, 1.165) is 16.0 Å². The van der Waals surface area contributed by atoms with Crippen molar-refractivity contribution < 1.29 is 14.3 Å². The van der Waals surface area contributed by atoms with Crippen LogP contribution in [0.4, 0.5) is 0 Å². The molecule has 7 heteroatoms. The lowest BCUT2D eigenvalue weighted by atomic mass is 9.81. The van der Waals surface area contributed by atoms with Crippen LogP contribution in [0.25, 0.3) is 0 Å². The number of fused-ring (bicyclic) bond motifs is 1. The number of nitrogens with zero attached hydrogens (tertiary/aromatic N) is 1. The lowest BCUT2D eigenvalue weighted by Gasteiger charge is -2.41. The van der Waals surface area contributed by atoms with Gasteiger partial charge in [0.25, 0.3) is 5.91 Å². The van der Waals surface area contributed by atoms with E-state index >= 15 is 0 Å². The highest BCUT2D eigenvalue weighted by molar-refractivity contribution is 7.10. The zero-order chi connectivity index (χ0) is 21.8. The summed E-state index contributed by atoms with van der Waals surface area (Å²) in [5.74, 6) is -0.708. The number of carbonyl (C=O) groups excluding carboxylic acids is 2. The molecule has 0 spiro atoms. The quantitative estimate of drug-likeness (QED) is 0.565. The van der Waals surface area contributed by atoms with E-state index < -0.39 is 5.92 Å². The predicted molar refractivity (Wildman–Crippen MR) is 122 cm³/mol. The Kier molecular flexibility index (Phi) is 6.70. The molecule has 3 aromatic rings. The first kappa shape index (κ1) is 21.6. The molecule has 1 aliphatic rings. The van der Waals surface area contributed by atoms with E-state index in [2.05, 4.69) is 5.32 Å². The topological polar surface area (TPSA) is 58.6 Å². The zero-order valence-corrected chi connectivity index (χ0v) is 18.7. The summed E-state index contributed by atoms with van der Waals surface area (Å²) in [5.41, 5.74) is 2.29. The molecule has 0 fully saturated rings. The number of rotatable bonds is 7. The van der Waals surface area contributed by atoms with Crippen LogP contribution in [-0.4, -0.2) is 37.0 Å². The van der Waals surface area contributed by atoms with Gasteiger partial charge in [-0.05, 0) is 40.8 Å². The van der Waals surface area contributed by atoms with Gasteiger partial charge in [0, 0.05) is 35.7 Å². The smallest absolute Gasteiger partial charge is 0.254 e. The lowest BCUT2D eigenvalue weighted by Crippen LogP contribution is -2.48. The van der Waals surface area contributed by atoms with E-state index in [0.29, 0.717) is 30.3 Å². The first-order valence-corrected chi connectivity index (χ1v) is 11.3. The van der Waals surface area contributed by atoms with Gasteiger partial charge < -0.3 is 15.0 Å². The van der Waals surface area contributed by atoms with Crippen molar-refractivity contribution in [1.29, 1.82) is 0 Å². The fraction of sp³-hybridized carbons (Fsp3) is 0.250. The van der Waals surface area contributed by atoms with Gasteiger partial charge in [0.15, 0.2) is 0 Å². The molecule has 0 saturated heterocycles. The summed E-state index contributed by atoms with van der Waals surface area (Å²) in [4.78, 5) is 29.6. The van der Waals surface area contributed by atoms with Crippen LogP contribution in [0, 0.1) is 0 Å². The predicted octanol–water partition coefficient (Wildman–Crippen LogP) is 4.65. The van der Waals surface area contributed by atoms with Gasteiger partial charge in [-0.3, -0.25) is 9.59 Å². The van der Waals surface area contributed by atoms with Crippen LogP contribution in [-0.2, 0) is 16.1 Å². The molecular weight excluding hydrogens is 432 g/mol. The Bertz CT molecular complexity index is 1050. The number of carbonyl (C=O) groups is 2. The molecule has 1 aliphatic heterocycles. The average Bonchev–Trinajstić information content (AvgIpc) is 3.32. The van der Waals surface area contributed by atoms with Gasteiger partial charge in [-0.1, -0.05) is 48.0 Å². The second kappa shape index (κ2) is 9.64. The maximum atomic E-state index is 13.5. The third-order valence-electron chi connectivity index (χ3n) is 5.47. The normalized spacial score (nSPS) is 18.0. The molecule has 2 atom stereocenters. The second-order valence-electron chi connectivity index (χ2n) is 7.36. The van der Waals surface area contributed by atoms with Crippen molar-refractivity contribution in [1.82, 2.24) is 10.2 Å². The van der Waals surface area contributed by atoms with Crippen molar-refractivity contribution in [3.05, 3.63) is 92.6 Å². The van der Waals surface area contributed by atoms with E-state index in [-0.39, 0.29) is 17.9 Å². The van der Waals surface area contributed by atoms with E-state index in [1.807, 2.05) is 47.8 Å². The maximum Gasteiger partial charge on any atom is 0.254 e. The molecule has 2 amide bonds. The monoisotopic (exact) mass is 454 g/mol. The van der Waals surface area contributed by atoms with Crippen LogP contribution in [0.3, 0.4) is 0 Å². The Morgan fingerprint density at radius 3 is 2.61 bits per heavy atom. The Hall–Kier alpha value is -2.67. The molecule has 1 aromatic heterocycles. The van der Waals surface area contributed by atoms with Crippen LogP contribution < -0.4 is 5.32 Å². The summed E-state index contributed by atoms with van der Waals surface area (Å²) in [6.07, 6.45) is 0. The minimum Gasteiger partial charge on any atom is -0.383 e. The number of halogens is 1. The van der Waals surface area contributed by atoms with Crippen molar-refractivity contribution in [2.24, 2.45) is 0 Å². The number of hydrogen-bond donors (Lipinski definition) is 1. The first-order chi connectivity index (χ1) is 15.1. The molecule has 0 aliphatic carbocycles. The first-order valence-electron chi connectivity index (χ1n) is 10.0. The molecule has 31 heavy (non-hydrogen) atoms. The zero-order valence-electron chi connectivity index (χ0n) is 17.1. The summed E-state index contributed by atoms with van der Waals surface area (Å²) in [7, 11) is 1.61. The van der Waals surface area contributed by atoms with Gasteiger partial charge in [-0.2, -0.15) is 0 Å². The number of thiophene rings is 1. The standard InChI is InChI=1S/C24H23ClN2O3S/c1-30-13-12-27-22(20-7-4-14-31-20)21(18-5-2-3-6-19(18)24(27)29)23(28)26-15-16-8-10-17(25)11-9-16/h2-11,14,21-22H,12-13,15H2,1H3,(H,26,28)/t21-,22-/m0/s1. The molecule has 1 N–H and O–H groups in total. The van der Waals surface area contributed by atoms with Crippen LogP contribution in [0.1, 0.15) is 38.3 Å². The average molecular weight is 455 g/mol. The van der Waals surface area contributed by atoms with Gasteiger partial charge in [0.1, 0.15) is 0 Å². The molecule has 0 saturated carbocycles. The summed E-state index contributed by atoms with van der Waals surface area (Å²) in [6.45, 7) is 1.19.